The second-order valence-corrected chi connectivity index (χ2v) is 8.38. The summed E-state index contributed by atoms with van der Waals surface area (Å²) in [5.74, 6) is 1.06. The lowest BCUT2D eigenvalue weighted by Crippen LogP contribution is -2.36. The molecule has 0 aliphatic rings. The third-order valence-corrected chi connectivity index (χ3v) is 4.56. The summed E-state index contributed by atoms with van der Waals surface area (Å²) in [7, 11) is -3.36. The van der Waals surface area contributed by atoms with Gasteiger partial charge in [-0.2, -0.15) is 9.97 Å². The maximum atomic E-state index is 11.4. The fourth-order valence-corrected chi connectivity index (χ4v) is 3.39. The molecule has 0 radical (unpaired) electrons. The summed E-state index contributed by atoms with van der Waals surface area (Å²) in [5, 5.41) is 3.12. The van der Waals surface area contributed by atoms with Crippen LogP contribution in [0.2, 0.25) is 0 Å². The molecule has 0 atom stereocenters. The molecule has 0 fully saturated rings. The van der Waals surface area contributed by atoms with E-state index in [0.717, 1.165) is 11.8 Å². The van der Waals surface area contributed by atoms with Crippen molar-refractivity contribution in [1.29, 1.82) is 0 Å². The predicted octanol–water partition coefficient (Wildman–Crippen LogP) is 1.64. The highest BCUT2D eigenvalue weighted by molar-refractivity contribution is 7.92. The fourth-order valence-electron chi connectivity index (χ4n) is 2.83. The van der Waals surface area contributed by atoms with Gasteiger partial charge in [-0.15, -0.1) is 0 Å². The molecule has 28 heavy (non-hydrogen) atoms. The normalized spacial score (nSPS) is 11.8. The zero-order valence-electron chi connectivity index (χ0n) is 16.0. The maximum absolute atomic E-state index is 11.4. The summed E-state index contributed by atoms with van der Waals surface area (Å²) in [6.45, 7) is 5.25. The van der Waals surface area contributed by atoms with E-state index in [4.69, 9.17) is 5.73 Å². The minimum absolute atomic E-state index is 0.181. The summed E-state index contributed by atoms with van der Waals surface area (Å²) in [5.41, 5.74) is 8.12. The Morgan fingerprint density at radius 3 is 2.68 bits per heavy atom. The molecule has 0 unspecified atom stereocenters. The van der Waals surface area contributed by atoms with E-state index in [0.29, 0.717) is 41.9 Å². The molecule has 2 heterocycles. The second kappa shape index (κ2) is 7.98. The number of aromatic nitrogens is 4. The Hall–Kier alpha value is -2.92. The van der Waals surface area contributed by atoms with Crippen molar-refractivity contribution in [2.45, 2.75) is 19.9 Å². The van der Waals surface area contributed by atoms with E-state index >= 15 is 0 Å². The number of rotatable bonds is 8. The molecular formula is C17H24N8O2S. The van der Waals surface area contributed by atoms with E-state index in [1.165, 1.54) is 0 Å². The molecule has 3 rings (SSSR count). The Morgan fingerprint density at radius 2 is 2.00 bits per heavy atom. The zero-order valence-corrected chi connectivity index (χ0v) is 16.8. The predicted molar refractivity (Wildman–Crippen MR) is 111 cm³/mol. The van der Waals surface area contributed by atoms with Crippen LogP contribution >= 0.6 is 0 Å². The Morgan fingerprint density at radius 1 is 1.25 bits per heavy atom. The van der Waals surface area contributed by atoms with E-state index in [9.17, 15) is 8.42 Å². The van der Waals surface area contributed by atoms with E-state index < -0.39 is 10.0 Å². The summed E-state index contributed by atoms with van der Waals surface area (Å²) in [6.07, 6.45) is 2.68. The first-order valence-electron chi connectivity index (χ1n) is 8.79. The molecule has 3 aromatic rings. The van der Waals surface area contributed by atoms with Gasteiger partial charge in [0.15, 0.2) is 11.5 Å². The van der Waals surface area contributed by atoms with Crippen molar-refractivity contribution < 1.29 is 8.42 Å². The summed E-state index contributed by atoms with van der Waals surface area (Å²) in [4.78, 5) is 18.5. The highest BCUT2D eigenvalue weighted by Gasteiger charge is 2.18. The van der Waals surface area contributed by atoms with Gasteiger partial charge < -0.3 is 20.9 Å². The highest BCUT2D eigenvalue weighted by Crippen LogP contribution is 2.26. The molecule has 0 amide bonds. The van der Waals surface area contributed by atoms with E-state index in [1.807, 2.05) is 0 Å². The first kappa shape index (κ1) is 19.8. The van der Waals surface area contributed by atoms with Gasteiger partial charge in [0.2, 0.25) is 16.0 Å². The van der Waals surface area contributed by atoms with Gasteiger partial charge in [-0.1, -0.05) is 6.07 Å². The minimum atomic E-state index is -3.36. The molecular weight excluding hydrogens is 380 g/mol. The lowest BCUT2D eigenvalue weighted by molar-refractivity contribution is 0.607. The summed E-state index contributed by atoms with van der Waals surface area (Å²) < 4.78 is 25.3. The standard InChI is InChI=1S/C17H24N8O2S/c1-11(2)25(8-7-18)16-14-15(20-10-19-14)22-17(23-16)21-12-5-4-6-13(9-12)24-28(3,26)27/h4-6,9-11,24H,7-8,18H2,1-3H3,(H2,19,20,21,22,23). The number of H-pyrrole nitrogens is 1. The van der Waals surface area contributed by atoms with E-state index in [1.54, 1.807) is 30.6 Å². The van der Waals surface area contributed by atoms with Gasteiger partial charge in [-0.25, -0.2) is 13.4 Å². The van der Waals surface area contributed by atoms with Crippen LogP contribution in [0.5, 0.6) is 0 Å². The lowest BCUT2D eigenvalue weighted by Gasteiger charge is -2.27. The number of aromatic amines is 1. The topological polar surface area (TPSA) is 142 Å². The second-order valence-electron chi connectivity index (χ2n) is 6.63. The zero-order chi connectivity index (χ0) is 20.3. The van der Waals surface area contributed by atoms with Crippen LogP contribution in [0, 0.1) is 0 Å². The first-order valence-corrected chi connectivity index (χ1v) is 10.7. The molecule has 0 bridgehead atoms. The lowest BCUT2D eigenvalue weighted by atomic mass is 10.3. The average Bonchev–Trinajstić information content (AvgIpc) is 3.06. The van der Waals surface area contributed by atoms with Gasteiger partial charge in [0.05, 0.1) is 18.3 Å². The van der Waals surface area contributed by atoms with Crippen LogP contribution in [0.3, 0.4) is 0 Å². The van der Waals surface area contributed by atoms with Crippen molar-refractivity contribution in [3.8, 4) is 0 Å². The quantitative estimate of drug-likeness (QED) is 0.444. The van der Waals surface area contributed by atoms with Crippen LogP contribution < -0.4 is 20.7 Å². The maximum Gasteiger partial charge on any atom is 0.231 e. The summed E-state index contributed by atoms with van der Waals surface area (Å²) >= 11 is 0. The molecule has 11 heteroatoms. The van der Waals surface area contributed by atoms with Crippen molar-refractivity contribution >= 4 is 44.3 Å². The number of hydrogen-bond acceptors (Lipinski definition) is 8. The number of nitrogens with zero attached hydrogens (tertiary/aromatic N) is 4. The minimum Gasteiger partial charge on any atom is -0.351 e. The smallest absolute Gasteiger partial charge is 0.231 e. The van der Waals surface area contributed by atoms with Gasteiger partial charge in [0.25, 0.3) is 0 Å². The number of imidazole rings is 1. The first-order chi connectivity index (χ1) is 13.3. The fraction of sp³-hybridized carbons (Fsp3) is 0.353. The number of sulfonamides is 1. The van der Waals surface area contributed by atoms with Crippen LogP contribution in [0.15, 0.2) is 30.6 Å². The Labute approximate surface area is 163 Å². The molecule has 0 aliphatic heterocycles. The monoisotopic (exact) mass is 404 g/mol. The van der Waals surface area contributed by atoms with Crippen molar-refractivity contribution in [2.75, 3.05) is 34.3 Å². The van der Waals surface area contributed by atoms with Gasteiger partial charge >= 0.3 is 0 Å². The molecule has 0 aliphatic carbocycles. The average molecular weight is 405 g/mol. The number of benzene rings is 1. The third-order valence-electron chi connectivity index (χ3n) is 3.95. The van der Waals surface area contributed by atoms with Crippen molar-refractivity contribution in [1.82, 2.24) is 19.9 Å². The number of nitrogens with one attached hydrogen (secondary N) is 3. The number of hydrogen-bond donors (Lipinski definition) is 4. The number of nitrogens with two attached hydrogens (primary N) is 1. The van der Waals surface area contributed by atoms with Crippen LogP contribution in [0.4, 0.5) is 23.1 Å². The Kier molecular flexibility index (Phi) is 5.66. The van der Waals surface area contributed by atoms with E-state index in [-0.39, 0.29) is 6.04 Å². The number of fused-ring (bicyclic) bond motifs is 1. The molecule has 150 valence electrons. The molecule has 0 saturated heterocycles. The molecule has 2 aromatic heterocycles. The van der Waals surface area contributed by atoms with Gasteiger partial charge in [0, 0.05) is 24.8 Å². The summed E-state index contributed by atoms with van der Waals surface area (Å²) in [6, 6.07) is 7.04. The third kappa shape index (κ3) is 4.67. The Bertz CT molecular complexity index is 1060. The van der Waals surface area contributed by atoms with Crippen LogP contribution in [0.1, 0.15) is 13.8 Å². The Balaban J connectivity index is 1.97. The molecule has 1 aromatic carbocycles. The van der Waals surface area contributed by atoms with Gasteiger partial charge in [-0.3, -0.25) is 4.72 Å². The largest absolute Gasteiger partial charge is 0.351 e. The van der Waals surface area contributed by atoms with Crippen molar-refractivity contribution in [3.05, 3.63) is 30.6 Å². The van der Waals surface area contributed by atoms with Crippen LogP contribution in [0.25, 0.3) is 11.2 Å². The number of anilines is 4. The SMILES string of the molecule is CC(C)N(CCN)c1nc(Nc2cccc(NS(C)(=O)=O)c2)nc2nc[nH]c12. The van der Waals surface area contributed by atoms with Crippen molar-refractivity contribution in [3.63, 3.8) is 0 Å². The molecule has 0 spiro atoms. The highest BCUT2D eigenvalue weighted by atomic mass is 32.2. The van der Waals surface area contributed by atoms with Crippen LogP contribution in [-0.4, -0.2) is 53.7 Å². The molecule has 0 saturated carbocycles. The van der Waals surface area contributed by atoms with Gasteiger partial charge in [-0.05, 0) is 32.0 Å². The molecule has 10 nitrogen and oxygen atoms in total. The van der Waals surface area contributed by atoms with Gasteiger partial charge in [0.1, 0.15) is 5.52 Å². The van der Waals surface area contributed by atoms with Crippen LogP contribution in [-0.2, 0) is 10.0 Å². The van der Waals surface area contributed by atoms with E-state index in [2.05, 4.69) is 48.7 Å². The molecule has 5 N–H and O–H groups in total. The van der Waals surface area contributed by atoms with Crippen molar-refractivity contribution in [2.24, 2.45) is 5.73 Å².